The third-order valence-corrected chi connectivity index (χ3v) is 3.67. The van der Waals surface area contributed by atoms with Crippen molar-refractivity contribution in [3.8, 4) is 0 Å². The van der Waals surface area contributed by atoms with E-state index in [-0.39, 0.29) is 0 Å². The molecule has 2 heteroatoms. The second kappa shape index (κ2) is 4.52. The molecule has 2 nitrogen and oxygen atoms in total. The molecule has 1 aromatic rings. The van der Waals surface area contributed by atoms with E-state index >= 15 is 0 Å². The summed E-state index contributed by atoms with van der Waals surface area (Å²) in [5.41, 5.74) is 4.03. The van der Waals surface area contributed by atoms with Crippen molar-refractivity contribution in [3.63, 3.8) is 0 Å². The van der Waals surface area contributed by atoms with Gasteiger partial charge in [-0.3, -0.25) is 4.58 Å². The van der Waals surface area contributed by atoms with Gasteiger partial charge in [0.1, 0.15) is 18.3 Å². The van der Waals surface area contributed by atoms with Gasteiger partial charge in [-0.2, -0.15) is 0 Å². The van der Waals surface area contributed by atoms with Gasteiger partial charge in [0.25, 0.3) is 0 Å². The lowest BCUT2D eigenvalue weighted by molar-refractivity contribution is -0.530. The molecule has 2 rings (SSSR count). The maximum Gasteiger partial charge on any atom is 0.239 e. The molecule has 0 radical (unpaired) electrons. The number of likely N-dealkylation sites (N-methyl/N-ethyl adjacent to an activating group) is 1. The summed E-state index contributed by atoms with van der Waals surface area (Å²) in [6.45, 7) is 10.0. The minimum absolute atomic E-state index is 0.620. The molecule has 1 aliphatic heterocycles. The Kier molecular flexibility index (Phi) is 3.23. The summed E-state index contributed by atoms with van der Waals surface area (Å²) < 4.78 is 2.34. The highest BCUT2D eigenvalue weighted by Crippen LogP contribution is 2.24. The van der Waals surface area contributed by atoms with Crippen molar-refractivity contribution in [2.75, 3.05) is 18.5 Å². The number of anilines is 1. The van der Waals surface area contributed by atoms with E-state index in [0.29, 0.717) is 12.0 Å². The van der Waals surface area contributed by atoms with Crippen LogP contribution in [-0.4, -0.2) is 30.5 Å². The van der Waals surface area contributed by atoms with Gasteiger partial charge in [0.15, 0.2) is 0 Å². The SMILES string of the molecule is Cc1ccc(C)c(N2C=[N+](C)[C@@H](C(C)C)C2)c1. The third-order valence-electron chi connectivity index (χ3n) is 3.67. The molecule has 1 heterocycles. The molecule has 0 unspecified atom stereocenters. The molecule has 0 aromatic heterocycles. The summed E-state index contributed by atoms with van der Waals surface area (Å²) in [7, 11) is 2.18. The molecule has 0 bridgehead atoms. The van der Waals surface area contributed by atoms with Crippen LogP contribution in [0.4, 0.5) is 5.69 Å². The first-order valence-electron chi connectivity index (χ1n) is 6.40. The third kappa shape index (κ3) is 2.36. The Balaban J connectivity index is 2.29. The second-order valence-corrected chi connectivity index (χ2v) is 5.53. The highest BCUT2D eigenvalue weighted by atomic mass is 15.3. The van der Waals surface area contributed by atoms with E-state index < -0.39 is 0 Å². The predicted octanol–water partition coefficient (Wildman–Crippen LogP) is 2.82. The monoisotopic (exact) mass is 231 g/mol. The fourth-order valence-corrected chi connectivity index (χ4v) is 2.55. The van der Waals surface area contributed by atoms with Gasteiger partial charge in [0, 0.05) is 0 Å². The van der Waals surface area contributed by atoms with Gasteiger partial charge < -0.3 is 0 Å². The Morgan fingerprint density at radius 1 is 1.29 bits per heavy atom. The van der Waals surface area contributed by atoms with Crippen LogP contribution < -0.4 is 4.90 Å². The zero-order valence-corrected chi connectivity index (χ0v) is 11.6. The van der Waals surface area contributed by atoms with Crippen LogP contribution in [0.15, 0.2) is 18.2 Å². The van der Waals surface area contributed by atoms with Crippen molar-refractivity contribution in [1.29, 1.82) is 0 Å². The topological polar surface area (TPSA) is 6.25 Å². The largest absolute Gasteiger partial charge is 0.264 e. The summed E-state index contributed by atoms with van der Waals surface area (Å²) in [4.78, 5) is 2.38. The van der Waals surface area contributed by atoms with Crippen LogP contribution in [0, 0.1) is 19.8 Å². The van der Waals surface area contributed by atoms with E-state index in [2.05, 4.69) is 68.8 Å². The molecular weight excluding hydrogens is 208 g/mol. The van der Waals surface area contributed by atoms with Crippen LogP contribution >= 0.6 is 0 Å². The molecule has 0 aliphatic carbocycles. The van der Waals surface area contributed by atoms with Gasteiger partial charge in [0.05, 0.1) is 7.05 Å². The van der Waals surface area contributed by atoms with Crippen molar-refractivity contribution in [2.24, 2.45) is 5.92 Å². The average Bonchev–Trinajstić information content (AvgIpc) is 2.64. The van der Waals surface area contributed by atoms with Crippen molar-refractivity contribution < 1.29 is 4.58 Å². The fourth-order valence-electron chi connectivity index (χ4n) is 2.55. The Hall–Kier alpha value is -1.31. The lowest BCUT2D eigenvalue weighted by Crippen LogP contribution is -2.30. The number of hydrogen-bond acceptors (Lipinski definition) is 1. The van der Waals surface area contributed by atoms with Gasteiger partial charge in [-0.25, -0.2) is 4.90 Å². The zero-order chi connectivity index (χ0) is 12.6. The van der Waals surface area contributed by atoms with E-state index in [1.165, 1.54) is 16.8 Å². The highest BCUT2D eigenvalue weighted by Gasteiger charge is 2.32. The Morgan fingerprint density at radius 3 is 2.59 bits per heavy atom. The first-order chi connectivity index (χ1) is 7.99. The predicted molar refractivity (Wildman–Crippen MR) is 74.1 cm³/mol. The van der Waals surface area contributed by atoms with Crippen LogP contribution in [-0.2, 0) is 0 Å². The quantitative estimate of drug-likeness (QED) is 0.709. The van der Waals surface area contributed by atoms with Crippen molar-refractivity contribution in [2.45, 2.75) is 33.7 Å². The fraction of sp³-hybridized carbons (Fsp3) is 0.533. The summed E-state index contributed by atoms with van der Waals surface area (Å²) >= 11 is 0. The lowest BCUT2D eigenvalue weighted by Gasteiger charge is -2.15. The zero-order valence-electron chi connectivity index (χ0n) is 11.6. The standard InChI is InChI=1S/C15H23N2/c1-11(2)15-9-17(10-16(15)5)14-8-12(3)6-7-13(14)4/h6-8,10-11,15H,9H2,1-5H3/q+1/t15-/m1/s1. The number of nitrogens with zero attached hydrogens (tertiary/aromatic N) is 2. The number of hydrogen-bond donors (Lipinski definition) is 0. The van der Waals surface area contributed by atoms with E-state index in [4.69, 9.17) is 0 Å². The molecule has 0 saturated carbocycles. The Bertz CT molecular complexity index is 446. The number of rotatable bonds is 2. The molecule has 0 N–H and O–H groups in total. The van der Waals surface area contributed by atoms with Gasteiger partial charge in [0.2, 0.25) is 6.34 Å². The molecule has 0 fully saturated rings. The molecule has 92 valence electrons. The molecule has 0 amide bonds. The van der Waals surface area contributed by atoms with Crippen LogP contribution in [0.1, 0.15) is 25.0 Å². The van der Waals surface area contributed by atoms with Crippen molar-refractivity contribution in [3.05, 3.63) is 29.3 Å². The van der Waals surface area contributed by atoms with Gasteiger partial charge in [-0.15, -0.1) is 0 Å². The van der Waals surface area contributed by atoms with Crippen LogP contribution in [0.3, 0.4) is 0 Å². The van der Waals surface area contributed by atoms with Gasteiger partial charge >= 0.3 is 0 Å². The molecule has 0 saturated heterocycles. The first-order valence-corrected chi connectivity index (χ1v) is 6.40. The summed E-state index contributed by atoms with van der Waals surface area (Å²) in [5.74, 6) is 0.686. The summed E-state index contributed by atoms with van der Waals surface area (Å²) in [6, 6.07) is 7.29. The van der Waals surface area contributed by atoms with Crippen molar-refractivity contribution in [1.82, 2.24) is 0 Å². The Labute approximate surface area is 105 Å². The molecule has 17 heavy (non-hydrogen) atoms. The Morgan fingerprint density at radius 2 is 2.00 bits per heavy atom. The van der Waals surface area contributed by atoms with Crippen LogP contribution in [0.2, 0.25) is 0 Å². The van der Waals surface area contributed by atoms with Crippen LogP contribution in [0.25, 0.3) is 0 Å². The minimum atomic E-state index is 0.620. The van der Waals surface area contributed by atoms with Crippen molar-refractivity contribution >= 4 is 12.0 Å². The van der Waals surface area contributed by atoms with Gasteiger partial charge in [-0.1, -0.05) is 26.0 Å². The maximum atomic E-state index is 2.38. The highest BCUT2D eigenvalue weighted by molar-refractivity contribution is 5.79. The molecule has 1 atom stereocenters. The van der Waals surface area contributed by atoms with E-state index in [9.17, 15) is 0 Å². The molecule has 0 spiro atoms. The van der Waals surface area contributed by atoms with E-state index in [0.717, 1.165) is 6.54 Å². The smallest absolute Gasteiger partial charge is 0.239 e. The summed E-state index contributed by atoms with van der Waals surface area (Å²) in [6.07, 6.45) is 2.24. The van der Waals surface area contributed by atoms with Crippen LogP contribution in [0.5, 0.6) is 0 Å². The van der Waals surface area contributed by atoms with Gasteiger partial charge in [-0.05, 0) is 37.0 Å². The number of benzene rings is 1. The molecular formula is C15H23N2+. The maximum absolute atomic E-state index is 2.38. The normalized spacial score (nSPS) is 20.0. The number of aryl methyl sites for hydroxylation is 2. The van der Waals surface area contributed by atoms with E-state index in [1.807, 2.05) is 0 Å². The minimum Gasteiger partial charge on any atom is -0.264 e. The first kappa shape index (κ1) is 12.2. The molecule has 1 aromatic carbocycles. The average molecular weight is 231 g/mol. The summed E-state index contributed by atoms with van der Waals surface area (Å²) in [5, 5.41) is 0. The molecule has 1 aliphatic rings. The lowest BCUT2D eigenvalue weighted by atomic mass is 10.0. The second-order valence-electron chi connectivity index (χ2n) is 5.53. The van der Waals surface area contributed by atoms with E-state index in [1.54, 1.807) is 0 Å².